The Hall–Kier alpha value is -1.80. The standard InChI is InChI=1S/C12H15N3O3S2/c1-8-11(19-12(13)14-8)20(16,17)15(2)9-4-6-10(18-3)7-5-9/h4-7H,1-3H3,(H2,13,14). The molecule has 108 valence electrons. The Kier molecular flexibility index (Phi) is 3.87. The van der Waals surface area contributed by atoms with Crippen molar-refractivity contribution in [3.8, 4) is 5.75 Å². The number of benzene rings is 1. The van der Waals surface area contributed by atoms with E-state index >= 15 is 0 Å². The van der Waals surface area contributed by atoms with Crippen LogP contribution in [0.3, 0.4) is 0 Å². The molecule has 2 aromatic rings. The third kappa shape index (κ3) is 2.56. The number of hydrogen-bond acceptors (Lipinski definition) is 6. The Morgan fingerprint density at radius 3 is 2.35 bits per heavy atom. The topological polar surface area (TPSA) is 85.5 Å². The number of methoxy groups -OCH3 is 1. The number of nitrogen functional groups attached to an aromatic ring is 1. The van der Waals surface area contributed by atoms with E-state index in [9.17, 15) is 8.42 Å². The number of anilines is 2. The van der Waals surface area contributed by atoms with Crippen LogP contribution in [0.15, 0.2) is 28.5 Å². The van der Waals surface area contributed by atoms with Gasteiger partial charge < -0.3 is 10.5 Å². The van der Waals surface area contributed by atoms with Gasteiger partial charge in [0, 0.05) is 7.05 Å². The molecule has 0 aliphatic carbocycles. The number of ether oxygens (including phenoxy) is 1. The van der Waals surface area contributed by atoms with Gasteiger partial charge in [0.05, 0.1) is 18.5 Å². The molecule has 0 radical (unpaired) electrons. The fourth-order valence-corrected chi connectivity index (χ4v) is 4.34. The molecule has 0 atom stereocenters. The van der Waals surface area contributed by atoms with Crippen molar-refractivity contribution < 1.29 is 13.2 Å². The molecule has 0 saturated heterocycles. The average molecular weight is 313 g/mol. The van der Waals surface area contributed by atoms with Crippen molar-refractivity contribution in [3.63, 3.8) is 0 Å². The summed E-state index contributed by atoms with van der Waals surface area (Å²) in [7, 11) is -0.606. The second-order valence-electron chi connectivity index (χ2n) is 4.10. The molecular weight excluding hydrogens is 298 g/mol. The fraction of sp³-hybridized carbons (Fsp3) is 0.250. The van der Waals surface area contributed by atoms with Gasteiger partial charge in [0.1, 0.15) is 5.75 Å². The molecule has 2 rings (SSSR count). The molecule has 6 nitrogen and oxygen atoms in total. The van der Waals surface area contributed by atoms with E-state index in [-0.39, 0.29) is 9.34 Å². The van der Waals surface area contributed by atoms with Gasteiger partial charge >= 0.3 is 0 Å². The highest BCUT2D eigenvalue weighted by Crippen LogP contribution is 2.30. The van der Waals surface area contributed by atoms with Crippen LogP contribution in [0.5, 0.6) is 5.75 Å². The van der Waals surface area contributed by atoms with Crippen LogP contribution in [-0.2, 0) is 10.0 Å². The first-order chi connectivity index (χ1) is 9.36. The lowest BCUT2D eigenvalue weighted by Crippen LogP contribution is -2.26. The van der Waals surface area contributed by atoms with E-state index < -0.39 is 10.0 Å². The minimum Gasteiger partial charge on any atom is -0.497 e. The second-order valence-corrected chi connectivity index (χ2v) is 7.29. The van der Waals surface area contributed by atoms with Gasteiger partial charge in [-0.1, -0.05) is 11.3 Å². The van der Waals surface area contributed by atoms with Crippen LogP contribution in [0.4, 0.5) is 10.8 Å². The number of nitrogens with two attached hydrogens (primary N) is 1. The zero-order valence-electron chi connectivity index (χ0n) is 11.3. The molecular formula is C12H15N3O3S2. The van der Waals surface area contributed by atoms with Crippen LogP contribution >= 0.6 is 11.3 Å². The van der Waals surface area contributed by atoms with Gasteiger partial charge in [-0.3, -0.25) is 4.31 Å². The van der Waals surface area contributed by atoms with Crippen molar-refractivity contribution >= 4 is 32.2 Å². The summed E-state index contributed by atoms with van der Waals surface area (Å²) in [6, 6.07) is 6.76. The molecule has 8 heteroatoms. The molecule has 0 saturated carbocycles. The van der Waals surface area contributed by atoms with Crippen LogP contribution in [0.2, 0.25) is 0 Å². The summed E-state index contributed by atoms with van der Waals surface area (Å²) in [6.45, 7) is 1.63. The van der Waals surface area contributed by atoms with Gasteiger partial charge in [0.2, 0.25) is 0 Å². The summed E-state index contributed by atoms with van der Waals surface area (Å²) in [4.78, 5) is 3.95. The van der Waals surface area contributed by atoms with Gasteiger partial charge in [-0.25, -0.2) is 13.4 Å². The predicted molar refractivity (Wildman–Crippen MR) is 79.8 cm³/mol. The van der Waals surface area contributed by atoms with Crippen LogP contribution in [0.25, 0.3) is 0 Å². The lowest BCUT2D eigenvalue weighted by molar-refractivity contribution is 0.415. The van der Waals surface area contributed by atoms with E-state index in [0.717, 1.165) is 11.3 Å². The predicted octanol–water partition coefficient (Wildman–Crippen LogP) is 1.87. The average Bonchev–Trinajstić information content (AvgIpc) is 2.77. The summed E-state index contributed by atoms with van der Waals surface area (Å²) in [5.74, 6) is 0.665. The van der Waals surface area contributed by atoms with Gasteiger partial charge in [0.15, 0.2) is 9.34 Å². The summed E-state index contributed by atoms with van der Waals surface area (Å²) in [5, 5.41) is 0.240. The maximum atomic E-state index is 12.5. The number of nitrogens with zero attached hydrogens (tertiary/aromatic N) is 2. The Labute approximate surface area is 121 Å². The van der Waals surface area contributed by atoms with Crippen molar-refractivity contribution in [2.24, 2.45) is 0 Å². The molecule has 1 heterocycles. The molecule has 20 heavy (non-hydrogen) atoms. The number of hydrogen-bond donors (Lipinski definition) is 1. The van der Waals surface area contributed by atoms with Crippen molar-refractivity contribution in [1.29, 1.82) is 0 Å². The molecule has 0 aliphatic rings. The minimum absolute atomic E-state index is 0.160. The van der Waals surface area contributed by atoms with Crippen molar-refractivity contribution in [1.82, 2.24) is 4.98 Å². The maximum absolute atomic E-state index is 12.5. The van der Waals surface area contributed by atoms with Gasteiger partial charge in [0.25, 0.3) is 10.0 Å². The number of thiazole rings is 1. The maximum Gasteiger partial charge on any atom is 0.275 e. The third-order valence-electron chi connectivity index (χ3n) is 2.80. The third-order valence-corrected chi connectivity index (χ3v) is 6.16. The van der Waals surface area contributed by atoms with Crippen molar-refractivity contribution in [2.75, 3.05) is 24.2 Å². The molecule has 0 aliphatic heterocycles. The number of aromatic nitrogens is 1. The first-order valence-corrected chi connectivity index (χ1v) is 7.98. The van der Waals surface area contributed by atoms with Crippen LogP contribution in [-0.4, -0.2) is 27.6 Å². The Balaban J connectivity index is 2.40. The highest BCUT2D eigenvalue weighted by Gasteiger charge is 2.26. The Morgan fingerprint density at radius 2 is 1.90 bits per heavy atom. The Morgan fingerprint density at radius 1 is 1.30 bits per heavy atom. The molecule has 1 aromatic carbocycles. The lowest BCUT2D eigenvalue weighted by atomic mass is 10.3. The first kappa shape index (κ1) is 14.6. The summed E-state index contributed by atoms with van der Waals surface area (Å²) in [6.07, 6.45) is 0. The number of sulfonamides is 1. The summed E-state index contributed by atoms with van der Waals surface area (Å²) in [5.41, 5.74) is 6.51. The quantitative estimate of drug-likeness (QED) is 0.931. The SMILES string of the molecule is COc1ccc(N(C)S(=O)(=O)c2sc(N)nc2C)cc1. The molecule has 0 unspecified atom stereocenters. The van der Waals surface area contributed by atoms with E-state index in [1.54, 1.807) is 38.3 Å². The van der Waals surface area contributed by atoms with Crippen molar-refractivity contribution in [3.05, 3.63) is 30.0 Å². The molecule has 2 N–H and O–H groups in total. The van der Waals surface area contributed by atoms with E-state index in [4.69, 9.17) is 10.5 Å². The Bertz CT molecular complexity index is 708. The van der Waals surface area contributed by atoms with E-state index in [1.807, 2.05) is 0 Å². The van der Waals surface area contributed by atoms with Crippen LogP contribution < -0.4 is 14.8 Å². The largest absolute Gasteiger partial charge is 0.497 e. The van der Waals surface area contributed by atoms with Crippen LogP contribution in [0.1, 0.15) is 5.69 Å². The zero-order chi connectivity index (χ0) is 14.9. The van der Waals surface area contributed by atoms with E-state index in [0.29, 0.717) is 17.1 Å². The van der Waals surface area contributed by atoms with Gasteiger partial charge in [-0.05, 0) is 31.2 Å². The molecule has 1 aromatic heterocycles. The van der Waals surface area contributed by atoms with Crippen molar-refractivity contribution in [2.45, 2.75) is 11.1 Å². The summed E-state index contributed by atoms with van der Waals surface area (Å²) < 4.78 is 31.5. The van der Waals surface area contributed by atoms with Gasteiger partial charge in [-0.2, -0.15) is 0 Å². The highest BCUT2D eigenvalue weighted by molar-refractivity contribution is 7.94. The minimum atomic E-state index is -3.65. The second kappa shape index (κ2) is 5.29. The van der Waals surface area contributed by atoms with E-state index in [2.05, 4.69) is 4.98 Å². The summed E-state index contributed by atoms with van der Waals surface area (Å²) >= 11 is 0.964. The monoisotopic (exact) mass is 313 g/mol. The fourth-order valence-electron chi connectivity index (χ4n) is 1.70. The highest BCUT2D eigenvalue weighted by atomic mass is 32.2. The zero-order valence-corrected chi connectivity index (χ0v) is 13.0. The van der Waals surface area contributed by atoms with Gasteiger partial charge in [-0.15, -0.1) is 0 Å². The lowest BCUT2D eigenvalue weighted by Gasteiger charge is -2.18. The normalized spacial score (nSPS) is 11.3. The molecule has 0 bridgehead atoms. The van der Waals surface area contributed by atoms with Crippen LogP contribution in [0, 0.1) is 6.92 Å². The molecule has 0 amide bonds. The number of rotatable bonds is 4. The smallest absolute Gasteiger partial charge is 0.275 e. The molecule has 0 spiro atoms. The first-order valence-electron chi connectivity index (χ1n) is 5.72. The molecule has 0 fully saturated rings. The number of aryl methyl sites for hydroxylation is 1. The van der Waals surface area contributed by atoms with E-state index in [1.165, 1.54) is 11.4 Å².